The second-order valence-corrected chi connectivity index (χ2v) is 4.95. The van der Waals surface area contributed by atoms with Crippen LogP contribution in [-0.2, 0) is 9.59 Å². The number of benzene rings is 1. The van der Waals surface area contributed by atoms with Crippen molar-refractivity contribution in [3.63, 3.8) is 0 Å². The van der Waals surface area contributed by atoms with Crippen LogP contribution in [0.1, 0.15) is 24.9 Å². The summed E-state index contributed by atoms with van der Waals surface area (Å²) in [5.41, 5.74) is 0.833. The van der Waals surface area contributed by atoms with Gasteiger partial charge in [0.05, 0.1) is 17.9 Å². The highest BCUT2D eigenvalue weighted by Gasteiger charge is 2.48. The zero-order valence-corrected chi connectivity index (χ0v) is 10.6. The third-order valence-corrected chi connectivity index (χ3v) is 3.52. The lowest BCUT2D eigenvalue weighted by molar-refractivity contribution is -0.140. The van der Waals surface area contributed by atoms with Crippen molar-refractivity contribution in [1.29, 1.82) is 0 Å². The Morgan fingerprint density at radius 2 is 2.06 bits per heavy atom. The highest BCUT2D eigenvalue weighted by atomic mass is 35.5. The van der Waals surface area contributed by atoms with Gasteiger partial charge in [0, 0.05) is 5.02 Å². The Hall–Kier alpha value is -1.55. The molecule has 1 saturated carbocycles. The predicted octanol–water partition coefficient (Wildman–Crippen LogP) is 2.24. The lowest BCUT2D eigenvalue weighted by atomic mass is 10.1. The molecule has 2 N–H and O–H groups in total. The molecule has 0 aromatic heterocycles. The summed E-state index contributed by atoms with van der Waals surface area (Å²) >= 11 is 6.03. The Kier molecular flexibility index (Phi) is 3.57. The van der Waals surface area contributed by atoms with Gasteiger partial charge in [-0.05, 0) is 25.0 Å². The molecule has 1 unspecified atom stereocenters. The van der Waals surface area contributed by atoms with E-state index in [9.17, 15) is 9.59 Å². The van der Waals surface area contributed by atoms with Crippen molar-refractivity contribution in [3.05, 3.63) is 34.9 Å². The number of carbonyl (C=O) groups excluding carboxylic acids is 1. The number of rotatable bonds is 4. The summed E-state index contributed by atoms with van der Waals surface area (Å²) in [5.74, 6) is -2.04. The highest BCUT2D eigenvalue weighted by molar-refractivity contribution is 6.31. The summed E-state index contributed by atoms with van der Waals surface area (Å²) in [6.07, 6.45) is 0.427. The van der Waals surface area contributed by atoms with Crippen molar-refractivity contribution in [1.82, 2.24) is 5.32 Å². The van der Waals surface area contributed by atoms with Crippen molar-refractivity contribution in [2.75, 3.05) is 0 Å². The minimum absolute atomic E-state index is 0.213. The van der Waals surface area contributed by atoms with E-state index in [4.69, 9.17) is 16.7 Å². The van der Waals surface area contributed by atoms with Gasteiger partial charge in [-0.3, -0.25) is 9.59 Å². The zero-order valence-electron chi connectivity index (χ0n) is 9.89. The van der Waals surface area contributed by atoms with Crippen LogP contribution in [0, 0.1) is 11.8 Å². The van der Waals surface area contributed by atoms with E-state index in [2.05, 4.69) is 5.32 Å². The van der Waals surface area contributed by atoms with Gasteiger partial charge in [-0.1, -0.05) is 29.8 Å². The van der Waals surface area contributed by atoms with Gasteiger partial charge in [0.15, 0.2) is 0 Å². The molecule has 1 aliphatic rings. The quantitative estimate of drug-likeness (QED) is 0.879. The van der Waals surface area contributed by atoms with Crippen molar-refractivity contribution in [3.8, 4) is 0 Å². The first-order valence-electron chi connectivity index (χ1n) is 5.78. The van der Waals surface area contributed by atoms with Crippen LogP contribution in [-0.4, -0.2) is 17.0 Å². The molecule has 18 heavy (non-hydrogen) atoms. The fourth-order valence-corrected chi connectivity index (χ4v) is 2.28. The number of amides is 1. The van der Waals surface area contributed by atoms with E-state index in [1.54, 1.807) is 6.07 Å². The summed E-state index contributed by atoms with van der Waals surface area (Å²) < 4.78 is 0. The number of halogens is 1. The molecule has 1 aromatic carbocycles. The second kappa shape index (κ2) is 4.98. The molecule has 0 heterocycles. The van der Waals surface area contributed by atoms with Crippen LogP contribution < -0.4 is 5.32 Å². The van der Waals surface area contributed by atoms with Crippen molar-refractivity contribution < 1.29 is 14.7 Å². The van der Waals surface area contributed by atoms with Crippen LogP contribution in [0.4, 0.5) is 0 Å². The predicted molar refractivity (Wildman–Crippen MR) is 67.2 cm³/mol. The summed E-state index contributed by atoms with van der Waals surface area (Å²) in [7, 11) is 0. The lowest BCUT2D eigenvalue weighted by Gasteiger charge is -2.15. The largest absolute Gasteiger partial charge is 0.481 e. The summed E-state index contributed by atoms with van der Waals surface area (Å²) in [6, 6.07) is 7.05. The number of hydrogen-bond donors (Lipinski definition) is 2. The van der Waals surface area contributed by atoms with Crippen LogP contribution in [0.3, 0.4) is 0 Å². The number of carboxylic acids is 1. The fraction of sp³-hybridized carbons (Fsp3) is 0.385. The Balaban J connectivity index is 1.97. The average Bonchev–Trinajstić information content (AvgIpc) is 3.09. The molecule has 1 amide bonds. The number of carbonyl (C=O) groups is 2. The molecule has 0 aliphatic heterocycles. The molecular weight excluding hydrogens is 254 g/mol. The second-order valence-electron chi connectivity index (χ2n) is 4.54. The summed E-state index contributed by atoms with van der Waals surface area (Å²) in [4.78, 5) is 22.5. The molecule has 4 nitrogen and oxygen atoms in total. The first-order valence-corrected chi connectivity index (χ1v) is 6.16. The van der Waals surface area contributed by atoms with Gasteiger partial charge in [0.1, 0.15) is 0 Å². The Morgan fingerprint density at radius 1 is 1.39 bits per heavy atom. The SMILES string of the molecule is CC(NC(=O)[C@@H]1C[C@@H]1C(=O)O)c1ccccc1Cl. The van der Waals surface area contributed by atoms with Crippen LogP contribution >= 0.6 is 11.6 Å². The molecule has 1 fully saturated rings. The van der Waals surface area contributed by atoms with Crippen molar-refractivity contribution in [2.45, 2.75) is 19.4 Å². The minimum Gasteiger partial charge on any atom is -0.481 e. The maximum Gasteiger partial charge on any atom is 0.307 e. The molecule has 2 rings (SSSR count). The van der Waals surface area contributed by atoms with Gasteiger partial charge < -0.3 is 10.4 Å². The molecule has 1 aliphatic carbocycles. The van der Waals surface area contributed by atoms with Crippen LogP contribution in [0.2, 0.25) is 5.02 Å². The Bertz CT molecular complexity index is 489. The van der Waals surface area contributed by atoms with E-state index in [0.717, 1.165) is 5.56 Å². The molecule has 1 aromatic rings. The third-order valence-electron chi connectivity index (χ3n) is 3.17. The van der Waals surface area contributed by atoms with Gasteiger partial charge in [-0.25, -0.2) is 0 Å². The monoisotopic (exact) mass is 267 g/mol. The number of hydrogen-bond acceptors (Lipinski definition) is 2. The first-order chi connectivity index (χ1) is 8.50. The number of carboxylic acid groups (broad SMARTS) is 1. The Morgan fingerprint density at radius 3 is 2.61 bits per heavy atom. The van der Waals surface area contributed by atoms with Gasteiger partial charge in [0.2, 0.25) is 5.91 Å². The molecule has 0 spiro atoms. The van der Waals surface area contributed by atoms with E-state index in [-0.39, 0.29) is 11.9 Å². The van der Waals surface area contributed by atoms with Crippen LogP contribution in [0.15, 0.2) is 24.3 Å². The average molecular weight is 268 g/mol. The summed E-state index contributed by atoms with van der Waals surface area (Å²) in [5, 5.41) is 12.2. The smallest absolute Gasteiger partial charge is 0.307 e. The highest BCUT2D eigenvalue weighted by Crippen LogP contribution is 2.39. The van der Waals surface area contributed by atoms with Gasteiger partial charge in [0.25, 0.3) is 0 Å². The van der Waals surface area contributed by atoms with E-state index in [1.165, 1.54) is 0 Å². The van der Waals surface area contributed by atoms with E-state index >= 15 is 0 Å². The third kappa shape index (κ3) is 2.64. The van der Waals surface area contributed by atoms with Crippen LogP contribution in [0.25, 0.3) is 0 Å². The molecule has 3 atom stereocenters. The maximum absolute atomic E-state index is 11.8. The molecular formula is C13H14ClNO3. The molecule has 5 heteroatoms. The van der Waals surface area contributed by atoms with Crippen molar-refractivity contribution >= 4 is 23.5 Å². The van der Waals surface area contributed by atoms with E-state index < -0.39 is 17.8 Å². The molecule has 96 valence electrons. The zero-order chi connectivity index (χ0) is 13.3. The number of nitrogens with one attached hydrogen (secondary N) is 1. The number of aliphatic carboxylic acids is 1. The van der Waals surface area contributed by atoms with Gasteiger partial charge in [-0.2, -0.15) is 0 Å². The fourth-order valence-electron chi connectivity index (χ4n) is 1.98. The van der Waals surface area contributed by atoms with E-state index in [1.807, 2.05) is 25.1 Å². The van der Waals surface area contributed by atoms with Crippen molar-refractivity contribution in [2.24, 2.45) is 11.8 Å². The summed E-state index contributed by atoms with van der Waals surface area (Å²) in [6.45, 7) is 1.83. The molecule has 0 radical (unpaired) electrons. The first kappa shape index (κ1) is 12.9. The normalized spacial score (nSPS) is 23.2. The van der Waals surface area contributed by atoms with Crippen LogP contribution in [0.5, 0.6) is 0 Å². The maximum atomic E-state index is 11.8. The molecule has 0 saturated heterocycles. The lowest BCUT2D eigenvalue weighted by Crippen LogP contribution is -2.29. The Labute approximate surface area is 110 Å². The van der Waals surface area contributed by atoms with Gasteiger partial charge in [-0.15, -0.1) is 0 Å². The minimum atomic E-state index is -0.902. The standard InChI is InChI=1S/C13H14ClNO3/c1-7(8-4-2-3-5-11(8)14)15-12(16)9-6-10(9)13(17)18/h2-5,7,9-10H,6H2,1H3,(H,15,16)(H,17,18)/t7?,9-,10+/m1/s1. The van der Waals surface area contributed by atoms with E-state index in [0.29, 0.717) is 11.4 Å². The van der Waals surface area contributed by atoms with Gasteiger partial charge >= 0.3 is 5.97 Å². The molecule has 0 bridgehead atoms. The topological polar surface area (TPSA) is 66.4 Å².